The summed E-state index contributed by atoms with van der Waals surface area (Å²) in [5.74, 6) is 2.27. The van der Waals surface area contributed by atoms with Crippen LogP contribution in [-0.4, -0.2) is 43.2 Å². The number of ether oxygens (including phenoxy) is 1. The third kappa shape index (κ3) is 3.50. The van der Waals surface area contributed by atoms with Crippen LogP contribution in [-0.2, 0) is 0 Å². The van der Waals surface area contributed by atoms with Gasteiger partial charge in [0, 0.05) is 21.1 Å². The fourth-order valence-corrected chi connectivity index (χ4v) is 1.77. The van der Waals surface area contributed by atoms with Crippen molar-refractivity contribution < 1.29 is 4.74 Å². The van der Waals surface area contributed by atoms with E-state index in [9.17, 15) is 0 Å². The molecule has 1 heterocycles. The molecule has 0 saturated carbocycles. The fraction of sp³-hybridized carbons (Fsp3) is 0.357. The molecule has 0 bridgehead atoms. The Balaban J connectivity index is 2.39. The second kappa shape index (κ2) is 6.25. The van der Waals surface area contributed by atoms with Gasteiger partial charge >= 0.3 is 0 Å². The van der Waals surface area contributed by atoms with Crippen molar-refractivity contribution in [2.45, 2.75) is 6.92 Å². The molecule has 0 saturated heterocycles. The Kier molecular flexibility index (Phi) is 4.42. The Hall–Kier alpha value is -2.57. The van der Waals surface area contributed by atoms with E-state index in [4.69, 9.17) is 4.74 Å². The zero-order valence-corrected chi connectivity index (χ0v) is 12.9. The van der Waals surface area contributed by atoms with E-state index in [2.05, 4.69) is 25.6 Å². The van der Waals surface area contributed by atoms with Crippen molar-refractivity contribution in [2.75, 3.05) is 43.8 Å². The van der Waals surface area contributed by atoms with E-state index < -0.39 is 0 Å². The highest BCUT2D eigenvalue weighted by Gasteiger charge is 2.10. The highest BCUT2D eigenvalue weighted by molar-refractivity contribution is 5.64. The van der Waals surface area contributed by atoms with Crippen LogP contribution < -0.4 is 20.3 Å². The lowest BCUT2D eigenvalue weighted by atomic mass is 10.2. The largest absolute Gasteiger partial charge is 0.495 e. The van der Waals surface area contributed by atoms with Crippen molar-refractivity contribution in [3.05, 3.63) is 23.8 Å². The molecular weight excluding hydrogens is 268 g/mol. The van der Waals surface area contributed by atoms with Crippen molar-refractivity contribution in [1.82, 2.24) is 15.0 Å². The Morgan fingerprint density at radius 3 is 2.43 bits per heavy atom. The van der Waals surface area contributed by atoms with Gasteiger partial charge in [0.15, 0.2) is 0 Å². The molecular formula is C14H20N6O. The number of nitrogens with one attached hydrogen (secondary N) is 2. The van der Waals surface area contributed by atoms with Gasteiger partial charge in [-0.15, -0.1) is 0 Å². The molecule has 7 nitrogen and oxygen atoms in total. The number of hydrogen-bond acceptors (Lipinski definition) is 7. The minimum Gasteiger partial charge on any atom is -0.495 e. The van der Waals surface area contributed by atoms with Gasteiger partial charge in [-0.2, -0.15) is 15.0 Å². The molecule has 21 heavy (non-hydrogen) atoms. The Bertz CT molecular complexity index is 629. The Morgan fingerprint density at radius 1 is 1.10 bits per heavy atom. The van der Waals surface area contributed by atoms with Crippen molar-refractivity contribution in [3.8, 4) is 5.75 Å². The first kappa shape index (κ1) is 14.8. The molecule has 0 atom stereocenters. The minimum absolute atomic E-state index is 0.460. The average Bonchev–Trinajstić information content (AvgIpc) is 2.47. The molecule has 0 aliphatic carbocycles. The van der Waals surface area contributed by atoms with Crippen LogP contribution in [0.25, 0.3) is 0 Å². The van der Waals surface area contributed by atoms with Gasteiger partial charge < -0.3 is 20.3 Å². The summed E-state index contributed by atoms with van der Waals surface area (Å²) in [6.07, 6.45) is 0. The van der Waals surface area contributed by atoms with Crippen LogP contribution in [0.2, 0.25) is 0 Å². The summed E-state index contributed by atoms with van der Waals surface area (Å²) in [7, 11) is 7.16. The number of benzene rings is 1. The third-order valence-corrected chi connectivity index (χ3v) is 2.85. The number of methoxy groups -OCH3 is 1. The predicted octanol–water partition coefficient (Wildman–Crippen LogP) is 2.04. The molecule has 2 rings (SSSR count). The minimum atomic E-state index is 0.460. The molecule has 1 aromatic carbocycles. The van der Waals surface area contributed by atoms with E-state index in [1.54, 1.807) is 14.2 Å². The number of hydrogen-bond donors (Lipinski definition) is 2. The van der Waals surface area contributed by atoms with Gasteiger partial charge in [0.1, 0.15) is 5.75 Å². The van der Waals surface area contributed by atoms with Crippen LogP contribution in [0.4, 0.5) is 23.5 Å². The first-order chi connectivity index (χ1) is 10.0. The summed E-state index contributed by atoms with van der Waals surface area (Å²) >= 11 is 0. The van der Waals surface area contributed by atoms with Gasteiger partial charge in [-0.1, -0.05) is 6.07 Å². The molecule has 2 aromatic rings. The number of aromatic nitrogens is 3. The van der Waals surface area contributed by atoms with E-state index in [1.807, 2.05) is 44.1 Å². The maximum absolute atomic E-state index is 5.35. The van der Waals surface area contributed by atoms with Gasteiger partial charge in [0.25, 0.3) is 0 Å². The van der Waals surface area contributed by atoms with Crippen molar-refractivity contribution in [2.24, 2.45) is 0 Å². The van der Waals surface area contributed by atoms with Crippen molar-refractivity contribution in [1.29, 1.82) is 0 Å². The number of nitrogens with zero attached hydrogens (tertiary/aromatic N) is 4. The zero-order valence-electron chi connectivity index (χ0n) is 12.9. The quantitative estimate of drug-likeness (QED) is 0.872. The first-order valence-electron chi connectivity index (χ1n) is 6.56. The van der Waals surface area contributed by atoms with E-state index in [0.717, 1.165) is 17.0 Å². The molecule has 0 spiro atoms. The second-order valence-corrected chi connectivity index (χ2v) is 4.76. The van der Waals surface area contributed by atoms with Gasteiger partial charge in [-0.05, 0) is 24.6 Å². The van der Waals surface area contributed by atoms with Crippen molar-refractivity contribution in [3.63, 3.8) is 0 Å². The van der Waals surface area contributed by atoms with Crippen LogP contribution in [0.15, 0.2) is 18.2 Å². The topological polar surface area (TPSA) is 75.2 Å². The van der Waals surface area contributed by atoms with Gasteiger partial charge in [0.05, 0.1) is 12.8 Å². The molecule has 112 valence electrons. The number of aryl methyl sites for hydroxylation is 1. The molecule has 0 fully saturated rings. The maximum atomic E-state index is 5.35. The Labute approximate surface area is 124 Å². The normalized spacial score (nSPS) is 10.1. The maximum Gasteiger partial charge on any atom is 0.233 e. The monoisotopic (exact) mass is 288 g/mol. The van der Waals surface area contributed by atoms with Gasteiger partial charge in [0.2, 0.25) is 17.8 Å². The standard InChI is InChI=1S/C14H20N6O/c1-9-6-7-11(21-5)10(8-9)16-13-17-12(15-2)18-14(19-13)20(3)4/h6-8H,1-5H3,(H2,15,16,17,18,19). The predicted molar refractivity (Wildman–Crippen MR) is 84.7 cm³/mol. The van der Waals surface area contributed by atoms with E-state index >= 15 is 0 Å². The molecule has 0 aliphatic rings. The van der Waals surface area contributed by atoms with E-state index in [1.165, 1.54) is 0 Å². The highest BCUT2D eigenvalue weighted by Crippen LogP contribution is 2.27. The summed E-state index contributed by atoms with van der Waals surface area (Å²) < 4.78 is 5.35. The average molecular weight is 288 g/mol. The fourth-order valence-electron chi connectivity index (χ4n) is 1.77. The second-order valence-electron chi connectivity index (χ2n) is 4.76. The third-order valence-electron chi connectivity index (χ3n) is 2.85. The van der Waals surface area contributed by atoms with E-state index in [-0.39, 0.29) is 0 Å². The van der Waals surface area contributed by atoms with Crippen LogP contribution in [0.5, 0.6) is 5.75 Å². The summed E-state index contributed by atoms with van der Waals surface area (Å²) in [5, 5.41) is 6.11. The zero-order chi connectivity index (χ0) is 15.4. The Morgan fingerprint density at radius 2 is 1.81 bits per heavy atom. The summed E-state index contributed by atoms with van der Waals surface area (Å²) in [5.41, 5.74) is 1.93. The van der Waals surface area contributed by atoms with Crippen LogP contribution in [0, 0.1) is 6.92 Å². The smallest absolute Gasteiger partial charge is 0.233 e. The lowest BCUT2D eigenvalue weighted by Crippen LogP contribution is -2.15. The molecule has 0 radical (unpaired) electrons. The highest BCUT2D eigenvalue weighted by atomic mass is 16.5. The molecule has 0 amide bonds. The van der Waals surface area contributed by atoms with Crippen LogP contribution in [0.1, 0.15) is 5.56 Å². The molecule has 0 unspecified atom stereocenters. The van der Waals surface area contributed by atoms with E-state index in [0.29, 0.717) is 17.8 Å². The van der Waals surface area contributed by atoms with Crippen molar-refractivity contribution >= 4 is 23.5 Å². The summed E-state index contributed by atoms with van der Waals surface area (Å²) in [6, 6.07) is 5.88. The van der Waals surface area contributed by atoms with Gasteiger partial charge in [-0.3, -0.25) is 0 Å². The SMILES string of the molecule is CNc1nc(Nc2cc(C)ccc2OC)nc(N(C)C)n1. The number of anilines is 4. The van der Waals surface area contributed by atoms with Crippen LogP contribution >= 0.6 is 0 Å². The number of rotatable bonds is 5. The van der Waals surface area contributed by atoms with Crippen LogP contribution in [0.3, 0.4) is 0 Å². The molecule has 7 heteroatoms. The molecule has 1 aromatic heterocycles. The lowest BCUT2D eigenvalue weighted by molar-refractivity contribution is 0.416. The molecule has 2 N–H and O–H groups in total. The summed E-state index contributed by atoms with van der Waals surface area (Å²) in [6.45, 7) is 2.02. The molecule has 0 aliphatic heterocycles. The lowest BCUT2D eigenvalue weighted by Gasteiger charge is -2.14. The van der Waals surface area contributed by atoms with Gasteiger partial charge in [-0.25, -0.2) is 0 Å². The first-order valence-corrected chi connectivity index (χ1v) is 6.56. The summed E-state index contributed by atoms with van der Waals surface area (Å²) in [4.78, 5) is 14.8.